The Kier molecular flexibility index (Phi) is 5.64. The monoisotopic (exact) mass is 609 g/mol. The molecule has 0 unspecified atom stereocenters. The number of aromatic nitrogens is 2. The van der Waals surface area contributed by atoms with Crippen LogP contribution in [-0.2, 0) is 0 Å². The summed E-state index contributed by atoms with van der Waals surface area (Å²) in [6.45, 7) is 0. The molecule has 0 aliphatic carbocycles. The zero-order valence-corrected chi connectivity index (χ0v) is 25.9. The van der Waals surface area contributed by atoms with Gasteiger partial charge < -0.3 is 9.13 Å². The molecule has 8 aromatic carbocycles. The quantitative estimate of drug-likeness (QED) is 0.183. The van der Waals surface area contributed by atoms with Gasteiger partial charge in [-0.05, 0) is 87.9 Å². The van der Waals surface area contributed by atoms with Gasteiger partial charge in [0.15, 0.2) is 0 Å². The summed E-state index contributed by atoms with van der Waals surface area (Å²) in [5.41, 5.74) is 10.1. The van der Waals surface area contributed by atoms with Gasteiger partial charge in [0, 0.05) is 38.3 Å². The molecule has 0 aliphatic rings. The summed E-state index contributed by atoms with van der Waals surface area (Å²) in [4.78, 5) is 0. The van der Waals surface area contributed by atoms with E-state index in [1.165, 1.54) is 49.2 Å². The largest absolute Gasteiger partial charge is 0.309 e. The van der Waals surface area contributed by atoms with Gasteiger partial charge in [0.1, 0.15) is 0 Å². The first-order valence-electron chi connectivity index (χ1n) is 16.2. The zero-order valence-electron chi connectivity index (χ0n) is 25.9. The first-order chi connectivity index (χ1) is 23.8. The van der Waals surface area contributed by atoms with Gasteiger partial charge in [-0.2, -0.15) is 5.26 Å². The molecule has 0 bridgehead atoms. The van der Waals surface area contributed by atoms with Crippen LogP contribution in [0.5, 0.6) is 0 Å². The predicted octanol–water partition coefficient (Wildman–Crippen LogP) is 11.7. The SMILES string of the molecule is N#Cc1cc2ccc(-n3c4ccccc4c4ccc(-c5ccc6c(c5)c5ccccc5n6-c5ccccc5)cc43)cc2c2ccccc12. The number of fused-ring (bicyclic) bond motifs is 9. The molecule has 0 saturated heterocycles. The van der Waals surface area contributed by atoms with Gasteiger partial charge in [-0.15, -0.1) is 0 Å². The number of nitriles is 1. The number of hydrogen-bond donors (Lipinski definition) is 0. The van der Waals surface area contributed by atoms with Crippen LogP contribution in [0.4, 0.5) is 0 Å². The highest BCUT2D eigenvalue weighted by molar-refractivity contribution is 6.14. The van der Waals surface area contributed by atoms with Crippen LogP contribution < -0.4 is 0 Å². The number of benzene rings is 8. The average molecular weight is 610 g/mol. The molecule has 0 saturated carbocycles. The Morgan fingerprint density at radius 1 is 0.354 bits per heavy atom. The van der Waals surface area contributed by atoms with Crippen molar-refractivity contribution < 1.29 is 0 Å². The third kappa shape index (κ3) is 3.81. The predicted molar refractivity (Wildman–Crippen MR) is 200 cm³/mol. The van der Waals surface area contributed by atoms with Crippen LogP contribution in [0.25, 0.3) is 87.7 Å². The lowest BCUT2D eigenvalue weighted by molar-refractivity contribution is 1.18. The van der Waals surface area contributed by atoms with Gasteiger partial charge in [-0.25, -0.2) is 0 Å². The number of hydrogen-bond acceptors (Lipinski definition) is 1. The van der Waals surface area contributed by atoms with Gasteiger partial charge in [0.05, 0.1) is 33.7 Å². The van der Waals surface area contributed by atoms with E-state index in [9.17, 15) is 5.26 Å². The van der Waals surface area contributed by atoms with Gasteiger partial charge in [-0.3, -0.25) is 0 Å². The van der Waals surface area contributed by atoms with E-state index in [2.05, 4.69) is 161 Å². The van der Waals surface area contributed by atoms with E-state index in [4.69, 9.17) is 0 Å². The summed E-state index contributed by atoms with van der Waals surface area (Å²) in [7, 11) is 0. The highest BCUT2D eigenvalue weighted by Gasteiger charge is 2.17. The minimum Gasteiger partial charge on any atom is -0.309 e. The van der Waals surface area contributed by atoms with Crippen LogP contribution in [0.3, 0.4) is 0 Å². The summed E-state index contributed by atoms with van der Waals surface area (Å²) >= 11 is 0. The fraction of sp³-hybridized carbons (Fsp3) is 0. The van der Waals surface area contributed by atoms with Gasteiger partial charge in [0.25, 0.3) is 0 Å². The van der Waals surface area contributed by atoms with Crippen LogP contribution in [-0.4, -0.2) is 9.13 Å². The van der Waals surface area contributed by atoms with E-state index >= 15 is 0 Å². The maximum atomic E-state index is 9.87. The molecule has 3 heteroatoms. The van der Waals surface area contributed by atoms with Crippen LogP contribution in [0.1, 0.15) is 5.56 Å². The highest BCUT2D eigenvalue weighted by Crippen LogP contribution is 2.39. The number of nitrogens with zero attached hydrogens (tertiary/aromatic N) is 3. The minimum atomic E-state index is 0.705. The lowest BCUT2D eigenvalue weighted by atomic mass is 9.97. The first kappa shape index (κ1) is 26.6. The molecule has 10 aromatic rings. The Morgan fingerprint density at radius 3 is 1.71 bits per heavy atom. The smallest absolute Gasteiger partial charge is 0.0998 e. The normalized spacial score (nSPS) is 11.7. The second-order valence-electron chi connectivity index (χ2n) is 12.5. The second kappa shape index (κ2) is 10.2. The fourth-order valence-corrected chi connectivity index (χ4v) is 7.76. The Balaban J connectivity index is 1.21. The van der Waals surface area contributed by atoms with Crippen molar-refractivity contribution in [2.24, 2.45) is 0 Å². The van der Waals surface area contributed by atoms with Crippen LogP contribution in [0.15, 0.2) is 164 Å². The van der Waals surface area contributed by atoms with Gasteiger partial charge in [-0.1, -0.05) is 103 Å². The van der Waals surface area contributed by atoms with Crippen molar-refractivity contribution >= 4 is 65.2 Å². The Morgan fingerprint density at radius 2 is 0.938 bits per heavy atom. The highest BCUT2D eigenvalue weighted by atomic mass is 15.0. The zero-order chi connectivity index (χ0) is 31.8. The van der Waals surface area contributed by atoms with Gasteiger partial charge in [0.2, 0.25) is 0 Å². The molecule has 2 heterocycles. The van der Waals surface area contributed by atoms with Gasteiger partial charge >= 0.3 is 0 Å². The Labute approximate surface area is 276 Å². The maximum Gasteiger partial charge on any atom is 0.0998 e. The summed E-state index contributed by atoms with van der Waals surface area (Å²) < 4.78 is 4.75. The van der Waals surface area contributed by atoms with E-state index in [0.717, 1.165) is 38.4 Å². The molecular formula is C45H27N3. The fourth-order valence-electron chi connectivity index (χ4n) is 7.76. The third-order valence-corrected chi connectivity index (χ3v) is 9.92. The molecule has 10 rings (SSSR count). The molecule has 0 radical (unpaired) electrons. The molecule has 0 fully saturated rings. The molecule has 3 nitrogen and oxygen atoms in total. The maximum absolute atomic E-state index is 9.87. The Bertz CT molecular complexity index is 2950. The lowest BCUT2D eigenvalue weighted by Crippen LogP contribution is -1.95. The van der Waals surface area contributed by atoms with Crippen LogP contribution in [0, 0.1) is 11.3 Å². The topological polar surface area (TPSA) is 33.6 Å². The molecule has 0 spiro atoms. The van der Waals surface area contributed by atoms with E-state index in [1.54, 1.807) is 0 Å². The van der Waals surface area contributed by atoms with Crippen molar-refractivity contribution in [3.8, 4) is 28.6 Å². The van der Waals surface area contributed by atoms with Crippen molar-refractivity contribution in [2.75, 3.05) is 0 Å². The summed E-state index contributed by atoms with van der Waals surface area (Å²) in [5.74, 6) is 0. The molecule has 0 N–H and O–H groups in total. The van der Waals surface area contributed by atoms with Crippen molar-refractivity contribution in [1.82, 2.24) is 9.13 Å². The summed E-state index contributed by atoms with van der Waals surface area (Å²) in [6, 6.07) is 60.9. The molecule has 0 aliphatic heterocycles. The van der Waals surface area contributed by atoms with E-state index in [1.807, 2.05) is 18.2 Å². The summed E-state index contributed by atoms with van der Waals surface area (Å²) in [5, 5.41) is 19.1. The molecular weight excluding hydrogens is 583 g/mol. The molecule has 222 valence electrons. The van der Waals surface area contributed by atoms with Crippen molar-refractivity contribution in [1.29, 1.82) is 5.26 Å². The third-order valence-electron chi connectivity index (χ3n) is 9.92. The van der Waals surface area contributed by atoms with Crippen LogP contribution >= 0.6 is 0 Å². The lowest BCUT2D eigenvalue weighted by Gasteiger charge is -2.12. The van der Waals surface area contributed by atoms with E-state index in [0.29, 0.717) is 5.56 Å². The Hall–Kier alpha value is -6.63. The molecule has 48 heavy (non-hydrogen) atoms. The second-order valence-corrected chi connectivity index (χ2v) is 12.5. The first-order valence-corrected chi connectivity index (χ1v) is 16.2. The van der Waals surface area contributed by atoms with E-state index in [-0.39, 0.29) is 0 Å². The van der Waals surface area contributed by atoms with Crippen molar-refractivity contribution in [3.05, 3.63) is 169 Å². The van der Waals surface area contributed by atoms with Crippen LogP contribution in [0.2, 0.25) is 0 Å². The standard InChI is InChI=1S/C45H27N3/c46-28-32-24-31-18-21-34(27-40(31)36-13-5-4-12-35(32)36)48-42-16-8-6-14-37(42)39-22-19-30(26-45(39)48)29-20-23-44-41(25-29)38-15-7-9-17-43(38)47(44)33-10-2-1-3-11-33/h1-27H. The number of para-hydroxylation sites is 3. The molecule has 2 aromatic heterocycles. The summed E-state index contributed by atoms with van der Waals surface area (Å²) in [6.07, 6.45) is 0. The minimum absolute atomic E-state index is 0.705. The molecule has 0 atom stereocenters. The number of rotatable bonds is 3. The average Bonchev–Trinajstić information content (AvgIpc) is 3.67. The van der Waals surface area contributed by atoms with Crippen molar-refractivity contribution in [2.45, 2.75) is 0 Å². The van der Waals surface area contributed by atoms with Crippen molar-refractivity contribution in [3.63, 3.8) is 0 Å². The molecule has 0 amide bonds. The van der Waals surface area contributed by atoms with E-state index < -0.39 is 0 Å².